The van der Waals surface area contributed by atoms with E-state index in [2.05, 4.69) is 5.32 Å². The molecule has 3 aromatic rings. The van der Waals surface area contributed by atoms with E-state index in [0.29, 0.717) is 17.1 Å². The zero-order valence-corrected chi connectivity index (χ0v) is 18.3. The first-order chi connectivity index (χ1) is 15.9. The average Bonchev–Trinajstić information content (AvgIpc) is 2.82. The van der Waals surface area contributed by atoms with E-state index in [1.807, 2.05) is 0 Å². The van der Waals surface area contributed by atoms with Crippen molar-refractivity contribution in [2.45, 2.75) is 12.0 Å². The van der Waals surface area contributed by atoms with Gasteiger partial charge in [-0.2, -0.15) is 0 Å². The number of nitrogens with one attached hydrogen (secondary N) is 1. The van der Waals surface area contributed by atoms with Gasteiger partial charge in [0.05, 0.1) is 31.9 Å². The van der Waals surface area contributed by atoms with E-state index in [-0.39, 0.29) is 16.8 Å². The molecule has 0 fully saturated rings. The molecule has 2 amide bonds. The van der Waals surface area contributed by atoms with Crippen LogP contribution in [0.25, 0.3) is 0 Å². The third kappa shape index (κ3) is 3.88. The minimum atomic E-state index is -1.06. The number of methoxy groups -OCH3 is 2. The molecule has 0 radical (unpaired) electrons. The Morgan fingerprint density at radius 3 is 2.15 bits per heavy atom. The molecule has 0 aliphatic carbocycles. The molecule has 8 heteroatoms. The van der Waals surface area contributed by atoms with Crippen LogP contribution >= 0.6 is 0 Å². The third-order valence-electron chi connectivity index (χ3n) is 5.81. The minimum absolute atomic E-state index is 0.0173. The monoisotopic (exact) mass is 452 g/mol. The lowest BCUT2D eigenvalue weighted by Gasteiger charge is -2.40. The molecule has 2 atom stereocenters. The second kappa shape index (κ2) is 8.90. The fraction of sp³-hybridized carbons (Fsp3) is 0.200. The van der Waals surface area contributed by atoms with Gasteiger partial charge in [-0.05, 0) is 35.9 Å². The van der Waals surface area contributed by atoms with Crippen molar-refractivity contribution in [1.82, 2.24) is 4.90 Å². The summed E-state index contributed by atoms with van der Waals surface area (Å²) in [5, 5.41) is 2.60. The summed E-state index contributed by atoms with van der Waals surface area (Å²) in [5.74, 6) is -2.61. The molecular weight excluding hydrogens is 430 g/mol. The molecule has 0 aromatic heterocycles. The smallest absolute Gasteiger partial charge is 0.254 e. The first-order valence-corrected chi connectivity index (χ1v) is 10.2. The molecule has 2 unspecified atom stereocenters. The van der Waals surface area contributed by atoms with Gasteiger partial charge in [-0.3, -0.25) is 9.59 Å². The lowest BCUT2D eigenvalue weighted by atomic mass is 9.79. The second-order valence-electron chi connectivity index (χ2n) is 7.62. The first-order valence-electron chi connectivity index (χ1n) is 10.2. The van der Waals surface area contributed by atoms with Gasteiger partial charge in [0.25, 0.3) is 5.91 Å². The standard InChI is InChI=1S/C25H22F2N2O4/c1-29-23(14-8-4-5-9-17(14)26)22(24(30)28-19-11-7-6-10-18(19)27)15-12-20(32-2)21(33-3)13-16(15)25(29)31/h4-13,22-23H,1-3H3,(H,28,30). The zero-order chi connectivity index (χ0) is 23.7. The fourth-order valence-electron chi connectivity index (χ4n) is 4.21. The summed E-state index contributed by atoms with van der Waals surface area (Å²) >= 11 is 0. The van der Waals surface area contributed by atoms with E-state index >= 15 is 0 Å². The number of carbonyl (C=O) groups is 2. The van der Waals surface area contributed by atoms with E-state index in [1.165, 1.54) is 68.6 Å². The number of nitrogens with zero attached hydrogens (tertiary/aromatic N) is 1. The number of fused-ring (bicyclic) bond motifs is 1. The van der Waals surface area contributed by atoms with E-state index in [1.54, 1.807) is 18.2 Å². The minimum Gasteiger partial charge on any atom is -0.493 e. The highest BCUT2D eigenvalue weighted by Gasteiger charge is 2.44. The number of rotatable bonds is 5. The van der Waals surface area contributed by atoms with Gasteiger partial charge in [-0.25, -0.2) is 8.78 Å². The van der Waals surface area contributed by atoms with Crippen LogP contribution in [0.4, 0.5) is 14.5 Å². The predicted octanol–water partition coefficient (Wildman–Crippen LogP) is 4.53. The van der Waals surface area contributed by atoms with Gasteiger partial charge in [0, 0.05) is 18.2 Å². The molecule has 1 aliphatic rings. The Balaban J connectivity index is 1.92. The van der Waals surface area contributed by atoms with Gasteiger partial charge >= 0.3 is 0 Å². The number of hydrogen-bond donors (Lipinski definition) is 1. The highest BCUT2D eigenvalue weighted by atomic mass is 19.1. The van der Waals surface area contributed by atoms with Crippen molar-refractivity contribution in [1.29, 1.82) is 0 Å². The Kier molecular flexibility index (Phi) is 6.00. The molecule has 0 spiro atoms. The van der Waals surface area contributed by atoms with Crippen LogP contribution in [-0.2, 0) is 4.79 Å². The van der Waals surface area contributed by atoms with E-state index < -0.39 is 35.4 Å². The van der Waals surface area contributed by atoms with Gasteiger partial charge in [0.2, 0.25) is 5.91 Å². The number of benzene rings is 3. The number of amides is 2. The Morgan fingerprint density at radius 2 is 1.52 bits per heavy atom. The molecule has 1 aliphatic heterocycles. The number of halogens is 2. The van der Waals surface area contributed by atoms with Gasteiger partial charge < -0.3 is 19.7 Å². The van der Waals surface area contributed by atoms with E-state index in [0.717, 1.165) is 0 Å². The number of ether oxygens (including phenoxy) is 2. The molecule has 170 valence electrons. The number of para-hydroxylation sites is 1. The number of hydrogen-bond acceptors (Lipinski definition) is 4. The molecule has 3 aromatic carbocycles. The molecular formula is C25H22F2N2O4. The third-order valence-corrected chi connectivity index (χ3v) is 5.81. The van der Waals surface area contributed by atoms with Crippen molar-refractivity contribution in [3.63, 3.8) is 0 Å². The van der Waals surface area contributed by atoms with Gasteiger partial charge in [0.1, 0.15) is 11.6 Å². The van der Waals surface area contributed by atoms with Crippen LogP contribution in [0.2, 0.25) is 0 Å². The molecule has 0 saturated heterocycles. The lowest BCUT2D eigenvalue weighted by Crippen LogP contribution is -2.44. The summed E-state index contributed by atoms with van der Waals surface area (Å²) in [6, 6.07) is 13.8. The SMILES string of the molecule is COc1cc2c(cc1OC)C(C(=O)Nc1ccccc1F)C(c1ccccc1F)N(C)C2=O. The van der Waals surface area contributed by atoms with Crippen molar-refractivity contribution in [3.8, 4) is 11.5 Å². The topological polar surface area (TPSA) is 67.9 Å². The van der Waals surface area contributed by atoms with Crippen LogP contribution in [0.15, 0.2) is 60.7 Å². The Morgan fingerprint density at radius 1 is 0.909 bits per heavy atom. The largest absolute Gasteiger partial charge is 0.493 e. The maximum absolute atomic E-state index is 14.9. The van der Waals surface area contributed by atoms with Crippen LogP contribution in [0.1, 0.15) is 33.4 Å². The Hall–Kier alpha value is -3.94. The lowest BCUT2D eigenvalue weighted by molar-refractivity contribution is -0.119. The summed E-state index contributed by atoms with van der Waals surface area (Å²) in [7, 11) is 4.37. The molecule has 1 heterocycles. The van der Waals surface area contributed by atoms with Crippen LogP contribution < -0.4 is 14.8 Å². The average molecular weight is 452 g/mol. The van der Waals surface area contributed by atoms with Crippen molar-refractivity contribution >= 4 is 17.5 Å². The number of likely N-dealkylation sites (N-methyl/N-ethyl adjacent to an activating group) is 1. The quantitative estimate of drug-likeness (QED) is 0.618. The van der Waals surface area contributed by atoms with Crippen molar-refractivity contribution in [2.75, 3.05) is 26.6 Å². The summed E-state index contributed by atoms with van der Waals surface area (Å²) in [4.78, 5) is 28.2. The highest BCUT2D eigenvalue weighted by Crippen LogP contribution is 2.46. The summed E-state index contributed by atoms with van der Waals surface area (Å²) in [6.07, 6.45) is 0. The van der Waals surface area contributed by atoms with E-state index in [9.17, 15) is 18.4 Å². The Bertz CT molecular complexity index is 1230. The maximum Gasteiger partial charge on any atom is 0.254 e. The number of carbonyl (C=O) groups excluding carboxylic acids is 2. The maximum atomic E-state index is 14.9. The predicted molar refractivity (Wildman–Crippen MR) is 119 cm³/mol. The van der Waals surface area contributed by atoms with Crippen LogP contribution in [-0.4, -0.2) is 38.0 Å². The zero-order valence-electron chi connectivity index (χ0n) is 18.3. The van der Waals surface area contributed by atoms with Crippen molar-refractivity contribution < 1.29 is 27.8 Å². The second-order valence-corrected chi connectivity index (χ2v) is 7.62. The molecule has 1 N–H and O–H groups in total. The fourth-order valence-corrected chi connectivity index (χ4v) is 4.21. The molecule has 6 nitrogen and oxygen atoms in total. The van der Waals surface area contributed by atoms with Gasteiger partial charge in [-0.15, -0.1) is 0 Å². The first kappa shape index (κ1) is 22.3. The highest BCUT2D eigenvalue weighted by molar-refractivity contribution is 6.05. The van der Waals surface area contributed by atoms with Crippen molar-refractivity contribution in [2.24, 2.45) is 0 Å². The summed E-state index contributed by atoms with van der Waals surface area (Å²) < 4.78 is 39.8. The van der Waals surface area contributed by atoms with E-state index in [4.69, 9.17) is 9.47 Å². The van der Waals surface area contributed by atoms with Crippen molar-refractivity contribution in [3.05, 3.63) is 89.0 Å². The molecule has 4 rings (SSSR count). The van der Waals surface area contributed by atoms with Crippen LogP contribution in [0.3, 0.4) is 0 Å². The molecule has 0 saturated carbocycles. The van der Waals surface area contributed by atoms with Crippen LogP contribution in [0.5, 0.6) is 11.5 Å². The summed E-state index contributed by atoms with van der Waals surface area (Å²) in [6.45, 7) is 0. The van der Waals surface area contributed by atoms with Gasteiger partial charge in [-0.1, -0.05) is 30.3 Å². The van der Waals surface area contributed by atoms with Crippen LogP contribution in [0, 0.1) is 11.6 Å². The molecule has 0 bridgehead atoms. The van der Waals surface area contributed by atoms with Gasteiger partial charge in [0.15, 0.2) is 11.5 Å². The number of anilines is 1. The normalized spacial score (nSPS) is 17.4. The summed E-state index contributed by atoms with van der Waals surface area (Å²) in [5.41, 5.74) is 0.702. The molecule has 33 heavy (non-hydrogen) atoms. The Labute approximate surface area is 189 Å².